The molecular weight excluding hydrogens is 448 g/mol. The highest BCUT2D eigenvalue weighted by Crippen LogP contribution is 2.37. The molecule has 2 heterocycles. The van der Waals surface area contributed by atoms with Gasteiger partial charge in [0.05, 0.1) is 4.47 Å². The number of para-hydroxylation sites is 1. The van der Waals surface area contributed by atoms with E-state index in [1.54, 1.807) is 11.1 Å². The van der Waals surface area contributed by atoms with E-state index >= 15 is 0 Å². The van der Waals surface area contributed by atoms with Crippen molar-refractivity contribution in [2.45, 2.75) is 6.42 Å². The minimum Gasteiger partial charge on any atom is -0.480 e. The zero-order valence-corrected chi connectivity index (χ0v) is 16.4. The highest BCUT2D eigenvalue weighted by atomic mass is 79.9. The van der Waals surface area contributed by atoms with E-state index < -0.39 is 0 Å². The highest BCUT2D eigenvalue weighted by Gasteiger charge is 2.25. The number of hydrogen-bond acceptors (Lipinski definition) is 3. The summed E-state index contributed by atoms with van der Waals surface area (Å²) in [4.78, 5) is 18.8. The molecule has 25 heavy (non-hydrogen) atoms. The lowest BCUT2D eigenvalue weighted by Crippen LogP contribution is -2.33. The number of aromatic nitrogens is 1. The molecule has 0 saturated carbocycles. The topological polar surface area (TPSA) is 42.4 Å². The Morgan fingerprint density at radius 2 is 2.00 bits per heavy atom. The van der Waals surface area contributed by atoms with E-state index in [1.807, 2.05) is 36.4 Å². The van der Waals surface area contributed by atoms with Gasteiger partial charge < -0.3 is 9.64 Å². The summed E-state index contributed by atoms with van der Waals surface area (Å²) in [6.07, 6.45) is 2.60. The lowest BCUT2D eigenvalue weighted by molar-refractivity contribution is -0.120. The molecular formula is C19H14Br2N2O2. The normalized spacial score (nSPS) is 13.1. The van der Waals surface area contributed by atoms with Crippen LogP contribution >= 0.6 is 31.9 Å². The molecule has 1 amide bonds. The molecule has 1 aliphatic heterocycles. The van der Waals surface area contributed by atoms with Crippen LogP contribution in [0.3, 0.4) is 0 Å². The number of benzene rings is 2. The Morgan fingerprint density at radius 3 is 2.88 bits per heavy atom. The van der Waals surface area contributed by atoms with Gasteiger partial charge in [0.2, 0.25) is 0 Å². The summed E-state index contributed by atoms with van der Waals surface area (Å²) >= 11 is 7.04. The SMILES string of the molecule is O=C(COc1c(Br)cc(Br)c2cccnc12)N1CCc2ccccc21. The number of hydrogen-bond donors (Lipinski definition) is 0. The van der Waals surface area contributed by atoms with Crippen molar-refractivity contribution >= 4 is 54.4 Å². The Bertz CT molecular complexity index is 975. The first-order valence-electron chi connectivity index (χ1n) is 7.89. The van der Waals surface area contributed by atoms with Crippen molar-refractivity contribution in [3.63, 3.8) is 0 Å². The molecule has 0 fully saturated rings. The van der Waals surface area contributed by atoms with Gasteiger partial charge in [-0.1, -0.05) is 40.2 Å². The van der Waals surface area contributed by atoms with E-state index in [9.17, 15) is 4.79 Å². The number of pyridine rings is 1. The van der Waals surface area contributed by atoms with Crippen LogP contribution in [-0.4, -0.2) is 24.0 Å². The summed E-state index contributed by atoms with van der Waals surface area (Å²) in [7, 11) is 0. The number of fused-ring (bicyclic) bond motifs is 2. The second-order valence-electron chi connectivity index (χ2n) is 5.78. The lowest BCUT2D eigenvalue weighted by Gasteiger charge is -2.18. The van der Waals surface area contributed by atoms with Crippen LogP contribution in [0.4, 0.5) is 5.69 Å². The smallest absolute Gasteiger partial charge is 0.264 e. The Hall–Kier alpha value is -1.92. The minimum atomic E-state index is -0.0520. The van der Waals surface area contributed by atoms with E-state index in [2.05, 4.69) is 42.9 Å². The zero-order chi connectivity index (χ0) is 17.4. The van der Waals surface area contributed by atoms with Crippen molar-refractivity contribution in [3.05, 3.63) is 63.2 Å². The summed E-state index contributed by atoms with van der Waals surface area (Å²) in [6.45, 7) is 0.669. The first kappa shape index (κ1) is 16.5. The fourth-order valence-corrected chi connectivity index (χ4v) is 4.48. The molecule has 4 rings (SSSR count). The van der Waals surface area contributed by atoms with Crippen molar-refractivity contribution in [3.8, 4) is 5.75 Å². The van der Waals surface area contributed by atoms with Crippen LogP contribution in [0.25, 0.3) is 10.9 Å². The molecule has 0 spiro atoms. The predicted octanol–water partition coefficient (Wildman–Crippen LogP) is 4.73. The monoisotopic (exact) mass is 460 g/mol. The van der Waals surface area contributed by atoms with Gasteiger partial charge in [-0.15, -0.1) is 0 Å². The Labute approximate surface area is 162 Å². The van der Waals surface area contributed by atoms with Crippen LogP contribution < -0.4 is 9.64 Å². The second-order valence-corrected chi connectivity index (χ2v) is 7.49. The third-order valence-corrected chi connectivity index (χ3v) is 5.52. The quantitative estimate of drug-likeness (QED) is 0.566. The third kappa shape index (κ3) is 3.04. The molecule has 1 aliphatic rings. The molecule has 1 aromatic heterocycles. The van der Waals surface area contributed by atoms with Crippen LogP contribution in [0.5, 0.6) is 5.75 Å². The number of halogens is 2. The number of nitrogens with zero attached hydrogens (tertiary/aromatic N) is 2. The summed E-state index contributed by atoms with van der Waals surface area (Å²) in [5.74, 6) is 0.531. The van der Waals surface area contributed by atoms with Crippen LogP contribution in [0.15, 0.2) is 57.6 Å². The van der Waals surface area contributed by atoms with Gasteiger partial charge in [-0.25, -0.2) is 0 Å². The van der Waals surface area contributed by atoms with E-state index in [1.165, 1.54) is 5.56 Å². The Balaban J connectivity index is 1.58. The molecule has 3 aromatic rings. The van der Waals surface area contributed by atoms with Crippen LogP contribution in [0, 0.1) is 0 Å². The third-order valence-electron chi connectivity index (χ3n) is 4.28. The van der Waals surface area contributed by atoms with Gasteiger partial charge in [0.1, 0.15) is 5.52 Å². The molecule has 126 valence electrons. The van der Waals surface area contributed by atoms with E-state index in [0.717, 1.165) is 32.0 Å². The average molecular weight is 462 g/mol. The summed E-state index contributed by atoms with van der Waals surface area (Å²) in [5.41, 5.74) is 2.90. The number of ether oxygens (including phenoxy) is 1. The van der Waals surface area contributed by atoms with Gasteiger partial charge in [0.25, 0.3) is 5.91 Å². The Morgan fingerprint density at radius 1 is 1.16 bits per heavy atom. The molecule has 0 N–H and O–H groups in total. The molecule has 0 bridgehead atoms. The van der Waals surface area contributed by atoms with Gasteiger partial charge in [0.15, 0.2) is 12.4 Å². The van der Waals surface area contributed by atoms with Crippen LogP contribution in [-0.2, 0) is 11.2 Å². The molecule has 0 saturated heterocycles. The van der Waals surface area contributed by atoms with Crippen LogP contribution in [0.1, 0.15) is 5.56 Å². The van der Waals surface area contributed by atoms with Gasteiger partial charge in [0, 0.05) is 28.3 Å². The maximum Gasteiger partial charge on any atom is 0.264 e. The Kier molecular flexibility index (Phi) is 4.48. The fraction of sp³-hybridized carbons (Fsp3) is 0.158. The van der Waals surface area contributed by atoms with Gasteiger partial charge in [-0.3, -0.25) is 9.78 Å². The largest absolute Gasteiger partial charge is 0.480 e. The predicted molar refractivity (Wildman–Crippen MR) is 105 cm³/mol. The van der Waals surface area contributed by atoms with Gasteiger partial charge in [-0.05, 0) is 46.1 Å². The van der Waals surface area contributed by atoms with Gasteiger partial charge >= 0.3 is 0 Å². The standard InChI is InChI=1S/C19H14Br2N2O2/c20-14-10-15(21)19(18-13(14)5-3-8-22-18)25-11-17(24)23-9-7-12-4-1-2-6-16(12)23/h1-6,8,10H,7,9,11H2. The van der Waals surface area contributed by atoms with E-state index in [-0.39, 0.29) is 12.5 Å². The highest BCUT2D eigenvalue weighted by molar-refractivity contribution is 9.11. The summed E-state index contributed by atoms with van der Waals surface area (Å²) in [6, 6.07) is 13.7. The van der Waals surface area contributed by atoms with Crippen LogP contribution in [0.2, 0.25) is 0 Å². The molecule has 4 nitrogen and oxygen atoms in total. The zero-order valence-electron chi connectivity index (χ0n) is 13.2. The number of rotatable bonds is 3. The maximum absolute atomic E-state index is 12.7. The molecule has 0 aliphatic carbocycles. The summed E-state index contributed by atoms with van der Waals surface area (Å²) < 4.78 is 7.56. The fourth-order valence-electron chi connectivity index (χ4n) is 3.09. The minimum absolute atomic E-state index is 0.0275. The summed E-state index contributed by atoms with van der Waals surface area (Å²) in [5, 5.41) is 0.944. The number of carbonyl (C=O) groups is 1. The van der Waals surface area contributed by atoms with Crippen molar-refractivity contribution in [1.82, 2.24) is 4.98 Å². The van der Waals surface area contributed by atoms with Crippen molar-refractivity contribution in [1.29, 1.82) is 0 Å². The van der Waals surface area contributed by atoms with E-state index in [0.29, 0.717) is 12.3 Å². The average Bonchev–Trinajstić information content (AvgIpc) is 3.05. The maximum atomic E-state index is 12.7. The van der Waals surface area contributed by atoms with E-state index in [4.69, 9.17) is 4.74 Å². The van der Waals surface area contributed by atoms with Crippen molar-refractivity contribution in [2.24, 2.45) is 0 Å². The number of carbonyl (C=O) groups excluding carboxylic acids is 1. The molecule has 0 atom stereocenters. The molecule has 6 heteroatoms. The van der Waals surface area contributed by atoms with Crippen molar-refractivity contribution in [2.75, 3.05) is 18.1 Å². The molecule has 0 unspecified atom stereocenters. The number of amides is 1. The second kappa shape index (κ2) is 6.77. The number of anilines is 1. The first-order chi connectivity index (χ1) is 12.1. The molecule has 2 aromatic carbocycles. The molecule has 0 radical (unpaired) electrons. The first-order valence-corrected chi connectivity index (χ1v) is 9.47. The lowest BCUT2D eigenvalue weighted by atomic mass is 10.2. The van der Waals surface area contributed by atoms with Crippen molar-refractivity contribution < 1.29 is 9.53 Å². The van der Waals surface area contributed by atoms with Gasteiger partial charge in [-0.2, -0.15) is 0 Å².